The Kier molecular flexibility index (Phi) is 5.36. The molecule has 2 aliphatic carbocycles. The van der Waals surface area contributed by atoms with Gasteiger partial charge in [0.2, 0.25) is 0 Å². The molecule has 11 aliphatic rings. The number of quaternary nitrogens is 2. The zero-order valence-electron chi connectivity index (χ0n) is 30.1. The molecule has 9 aliphatic heterocycles. The molecule has 260 valence electrons. The lowest BCUT2D eigenvalue weighted by Crippen LogP contribution is -2.78. The van der Waals surface area contributed by atoms with Crippen LogP contribution in [0.4, 0.5) is 11.4 Å². The van der Waals surface area contributed by atoms with E-state index < -0.39 is 0 Å². The highest BCUT2D eigenvalue weighted by atomic mass is 16.5. The van der Waals surface area contributed by atoms with E-state index in [1.807, 2.05) is 0 Å². The number of rotatable bonds is 4. The number of hydrogen-bond donors (Lipinski definition) is 0. The zero-order chi connectivity index (χ0) is 32.8. The van der Waals surface area contributed by atoms with Gasteiger partial charge in [0.25, 0.3) is 0 Å². The van der Waals surface area contributed by atoms with Gasteiger partial charge in [0.05, 0.1) is 62.3 Å². The quantitative estimate of drug-likeness (QED) is 0.290. The Morgan fingerprint density at radius 3 is 1.58 bits per heavy atom. The van der Waals surface area contributed by atoms with Crippen molar-refractivity contribution in [2.45, 2.75) is 99.8 Å². The third-order valence-electron chi connectivity index (χ3n) is 17.8. The second-order valence-electron chi connectivity index (χ2n) is 18.8. The van der Waals surface area contributed by atoms with Gasteiger partial charge in [-0.1, -0.05) is 62.4 Å². The summed E-state index contributed by atoms with van der Waals surface area (Å²) in [7, 11) is 0. The van der Waals surface area contributed by atoms with Crippen LogP contribution in [0.2, 0.25) is 0 Å². The van der Waals surface area contributed by atoms with Crippen LogP contribution in [0.3, 0.4) is 0 Å². The van der Waals surface area contributed by atoms with E-state index in [4.69, 9.17) is 9.47 Å². The second-order valence-corrected chi connectivity index (χ2v) is 18.8. The molecule has 2 aromatic rings. The van der Waals surface area contributed by atoms with Crippen LogP contribution in [0.15, 0.2) is 71.8 Å². The first-order valence-electron chi connectivity index (χ1n) is 20.7. The summed E-state index contributed by atoms with van der Waals surface area (Å²) >= 11 is 0. The summed E-state index contributed by atoms with van der Waals surface area (Å²) in [6, 6.07) is 21.8. The third kappa shape index (κ3) is 2.90. The number of ether oxygens (including phenoxy) is 2. The van der Waals surface area contributed by atoms with E-state index in [1.54, 1.807) is 22.3 Å². The molecule has 6 nitrogen and oxygen atoms in total. The van der Waals surface area contributed by atoms with Crippen LogP contribution >= 0.6 is 0 Å². The minimum Gasteiger partial charge on any atom is -0.354 e. The van der Waals surface area contributed by atoms with Crippen molar-refractivity contribution in [2.75, 3.05) is 62.3 Å². The Balaban J connectivity index is 1.12. The van der Waals surface area contributed by atoms with E-state index in [1.165, 1.54) is 98.1 Å². The summed E-state index contributed by atoms with van der Waals surface area (Å²) in [5, 5.41) is 0. The average Bonchev–Trinajstić information content (AvgIpc) is 3.75. The van der Waals surface area contributed by atoms with Crippen molar-refractivity contribution in [2.24, 2.45) is 23.7 Å². The van der Waals surface area contributed by atoms with Gasteiger partial charge >= 0.3 is 0 Å². The van der Waals surface area contributed by atoms with Gasteiger partial charge in [-0.2, -0.15) is 0 Å². The summed E-state index contributed by atoms with van der Waals surface area (Å²) in [5.41, 5.74) is 10.1. The fraction of sp³-hybridized carbons (Fsp3) is 0.636. The van der Waals surface area contributed by atoms with Crippen LogP contribution in [0.25, 0.3) is 0 Å². The Hall–Kier alpha value is -2.64. The van der Waals surface area contributed by atoms with Crippen LogP contribution in [-0.4, -0.2) is 98.1 Å². The molecular formula is C44H54N4O2+2. The van der Waals surface area contributed by atoms with Gasteiger partial charge in [0.1, 0.15) is 37.6 Å². The highest BCUT2D eigenvalue weighted by Crippen LogP contribution is 2.72. The number of fused-ring (bicyclic) bond motifs is 6. The summed E-state index contributed by atoms with van der Waals surface area (Å²) < 4.78 is 17.7. The van der Waals surface area contributed by atoms with Gasteiger partial charge in [0, 0.05) is 60.7 Å². The standard InChI is InChI=1S/C44H54N4O2/c1-3-17-47-19-15-43-31-9-5-7-11-33(31)45-39(43)37-29(23-35(43)47)27(25-47)13-21-49-41(37)46-34-12-8-6-10-32(34)44-16-20-48(18-4-2)26-28-14-22-50-42(45)38(40(44)46)30(28)24-36(44)48/h5-14,29-30,35-42H,3-4,15-26H2,1-2H3/q+2/t29-,30-,35-,36-,37+,38+,39-,40-,41+,42+,43+,44+,47?,48?/m0/s1. The topological polar surface area (TPSA) is 24.9 Å². The van der Waals surface area contributed by atoms with Crippen molar-refractivity contribution in [3.05, 3.63) is 83.0 Å². The van der Waals surface area contributed by atoms with E-state index in [2.05, 4.69) is 84.3 Å². The number of anilines is 2. The number of hydrogen-bond acceptors (Lipinski definition) is 4. The molecule has 4 bridgehead atoms. The van der Waals surface area contributed by atoms with E-state index in [0.717, 1.165) is 13.2 Å². The van der Waals surface area contributed by atoms with E-state index in [9.17, 15) is 0 Å². The summed E-state index contributed by atoms with van der Waals surface area (Å²) in [5.74, 6) is 1.97. The van der Waals surface area contributed by atoms with Crippen LogP contribution in [0.1, 0.15) is 63.5 Å². The van der Waals surface area contributed by atoms with Crippen LogP contribution < -0.4 is 9.80 Å². The Labute approximate surface area is 297 Å². The first-order chi connectivity index (χ1) is 24.6. The molecule has 9 heterocycles. The number of nitrogens with zero attached hydrogens (tertiary/aromatic N) is 4. The molecule has 7 fully saturated rings. The maximum Gasteiger partial charge on any atom is 0.136 e. The van der Waals surface area contributed by atoms with E-state index in [0.29, 0.717) is 47.8 Å². The fourth-order valence-corrected chi connectivity index (χ4v) is 16.9. The molecule has 2 unspecified atom stereocenters. The fourth-order valence-electron chi connectivity index (χ4n) is 16.9. The van der Waals surface area contributed by atoms with Crippen LogP contribution in [-0.2, 0) is 20.3 Å². The Bertz CT molecular complexity index is 1770. The van der Waals surface area contributed by atoms with Gasteiger partial charge < -0.3 is 28.2 Å². The van der Waals surface area contributed by atoms with Crippen molar-refractivity contribution in [3.63, 3.8) is 0 Å². The first kappa shape index (κ1) is 28.9. The van der Waals surface area contributed by atoms with Crippen molar-refractivity contribution in [1.82, 2.24) is 0 Å². The molecule has 2 aromatic carbocycles. The molecule has 50 heavy (non-hydrogen) atoms. The highest BCUT2D eigenvalue weighted by molar-refractivity contribution is 5.72. The van der Waals surface area contributed by atoms with E-state index >= 15 is 0 Å². The molecule has 2 spiro atoms. The van der Waals surface area contributed by atoms with Crippen molar-refractivity contribution in [1.29, 1.82) is 0 Å². The third-order valence-corrected chi connectivity index (χ3v) is 17.8. The monoisotopic (exact) mass is 670 g/mol. The minimum absolute atomic E-state index is 0.0785. The van der Waals surface area contributed by atoms with E-state index in [-0.39, 0.29) is 23.3 Å². The molecule has 14 atom stereocenters. The minimum atomic E-state index is 0.0785. The molecule has 6 heteroatoms. The Morgan fingerprint density at radius 2 is 1.12 bits per heavy atom. The lowest BCUT2D eigenvalue weighted by Gasteiger charge is -2.65. The number of piperidine rings is 2. The first-order valence-corrected chi connectivity index (χ1v) is 20.7. The van der Waals surface area contributed by atoms with Gasteiger partial charge in [-0.3, -0.25) is 0 Å². The smallest absolute Gasteiger partial charge is 0.136 e. The summed E-state index contributed by atoms with van der Waals surface area (Å²) in [6.07, 6.45) is 13.1. The molecule has 2 saturated carbocycles. The van der Waals surface area contributed by atoms with Crippen LogP contribution in [0, 0.1) is 23.7 Å². The zero-order valence-corrected chi connectivity index (χ0v) is 30.1. The maximum atomic E-state index is 7.55. The Morgan fingerprint density at radius 1 is 0.660 bits per heavy atom. The largest absolute Gasteiger partial charge is 0.354 e. The van der Waals surface area contributed by atoms with Gasteiger partial charge in [-0.25, -0.2) is 0 Å². The van der Waals surface area contributed by atoms with Crippen molar-refractivity contribution >= 4 is 11.4 Å². The van der Waals surface area contributed by atoms with Gasteiger partial charge in [-0.05, 0) is 47.2 Å². The molecule has 0 N–H and O–H groups in total. The molecule has 0 radical (unpaired) electrons. The summed E-state index contributed by atoms with van der Waals surface area (Å²) in [6.45, 7) is 14.1. The number of benzene rings is 2. The second kappa shape index (κ2) is 9.28. The average molecular weight is 671 g/mol. The highest BCUT2D eigenvalue weighted by Gasteiger charge is 2.80. The predicted octanol–water partition coefficient (Wildman–Crippen LogP) is 6.12. The normalized spacial score (nSPS) is 50.0. The maximum absolute atomic E-state index is 7.55. The van der Waals surface area contributed by atoms with Gasteiger partial charge in [0.15, 0.2) is 0 Å². The molecular weight excluding hydrogens is 617 g/mol. The van der Waals surface area contributed by atoms with Crippen molar-refractivity contribution < 1.29 is 18.4 Å². The molecule has 13 rings (SSSR count). The SMILES string of the molecule is CCC[N+]12CC[C@@]34c5ccccc5N5[C@@H]6OCC=C7C[N+]8(CCC)CC[C@]9%10c%11ccccc%11N([C@@H]%11OCC=C(C1)[C@H](C[C@@H]32)[C@@H]%11[C@H]54)[C@H]9[C@H]6[C@H]7C[C@@H]%108. The number of para-hydroxylation sites is 2. The van der Waals surface area contributed by atoms with Crippen molar-refractivity contribution in [3.8, 4) is 0 Å². The lowest BCUT2D eigenvalue weighted by atomic mass is 9.52. The molecule has 5 saturated heterocycles. The molecule has 0 aromatic heterocycles. The van der Waals surface area contributed by atoms with Crippen LogP contribution in [0.5, 0.6) is 0 Å². The molecule has 0 amide bonds. The summed E-state index contributed by atoms with van der Waals surface area (Å²) in [4.78, 5) is 6.03. The van der Waals surface area contributed by atoms with Gasteiger partial charge in [-0.15, -0.1) is 0 Å². The lowest BCUT2D eigenvalue weighted by molar-refractivity contribution is -0.943. The predicted molar refractivity (Wildman–Crippen MR) is 195 cm³/mol.